The first kappa shape index (κ1) is 9.58. The van der Waals surface area contributed by atoms with Gasteiger partial charge in [0.1, 0.15) is 0 Å². The number of hydrogen-bond donors (Lipinski definition) is 1. The first-order valence-corrected chi connectivity index (χ1v) is 5.69. The van der Waals surface area contributed by atoms with Crippen molar-refractivity contribution in [1.29, 1.82) is 0 Å². The third kappa shape index (κ3) is 1.92. The number of carbonyl (C=O) groups is 1. The van der Waals surface area contributed by atoms with Gasteiger partial charge in [-0.15, -0.1) is 0 Å². The SMILES string of the molecule is O=C(O)c1cnc(C2CCSCC2)o1. The van der Waals surface area contributed by atoms with Gasteiger partial charge in [0.15, 0.2) is 5.89 Å². The summed E-state index contributed by atoms with van der Waals surface area (Å²) in [5, 5.41) is 8.66. The van der Waals surface area contributed by atoms with Gasteiger partial charge in [-0.3, -0.25) is 0 Å². The van der Waals surface area contributed by atoms with Crippen LogP contribution in [-0.2, 0) is 0 Å². The van der Waals surface area contributed by atoms with E-state index in [0.717, 1.165) is 24.3 Å². The molecule has 1 aliphatic heterocycles. The molecule has 2 rings (SSSR count). The van der Waals surface area contributed by atoms with Gasteiger partial charge in [-0.25, -0.2) is 9.78 Å². The monoisotopic (exact) mass is 213 g/mol. The normalized spacial score (nSPS) is 18.3. The fraction of sp³-hybridized carbons (Fsp3) is 0.556. The van der Waals surface area contributed by atoms with Crippen LogP contribution in [0, 0.1) is 0 Å². The highest BCUT2D eigenvalue weighted by Crippen LogP contribution is 2.30. The topological polar surface area (TPSA) is 63.3 Å². The minimum Gasteiger partial charge on any atom is -0.475 e. The van der Waals surface area contributed by atoms with Crippen LogP contribution in [0.1, 0.15) is 35.2 Å². The lowest BCUT2D eigenvalue weighted by molar-refractivity contribution is 0.0659. The van der Waals surface area contributed by atoms with Gasteiger partial charge >= 0.3 is 5.97 Å². The highest BCUT2D eigenvalue weighted by Gasteiger charge is 2.21. The molecule has 0 atom stereocenters. The Balaban J connectivity index is 2.11. The van der Waals surface area contributed by atoms with E-state index < -0.39 is 5.97 Å². The predicted molar refractivity (Wildman–Crippen MR) is 52.8 cm³/mol. The molecule has 1 aliphatic rings. The Morgan fingerprint density at radius 1 is 1.57 bits per heavy atom. The van der Waals surface area contributed by atoms with E-state index in [1.54, 1.807) is 0 Å². The van der Waals surface area contributed by atoms with Crippen molar-refractivity contribution in [3.8, 4) is 0 Å². The Hall–Kier alpha value is -0.970. The Morgan fingerprint density at radius 3 is 2.86 bits per heavy atom. The molecule has 1 fully saturated rings. The van der Waals surface area contributed by atoms with Crippen LogP contribution in [0.25, 0.3) is 0 Å². The quantitative estimate of drug-likeness (QED) is 0.813. The Labute approximate surface area is 85.7 Å². The number of aromatic carboxylic acids is 1. The van der Waals surface area contributed by atoms with Crippen molar-refractivity contribution in [1.82, 2.24) is 4.98 Å². The maximum absolute atomic E-state index is 10.6. The fourth-order valence-electron chi connectivity index (χ4n) is 1.52. The van der Waals surface area contributed by atoms with Crippen LogP contribution < -0.4 is 0 Å². The molecule has 0 radical (unpaired) electrons. The summed E-state index contributed by atoms with van der Waals surface area (Å²) in [6.45, 7) is 0. The summed E-state index contributed by atoms with van der Waals surface area (Å²) in [5.74, 6) is 2.00. The van der Waals surface area contributed by atoms with Crippen molar-refractivity contribution in [3.05, 3.63) is 17.8 Å². The summed E-state index contributed by atoms with van der Waals surface area (Å²) in [5.41, 5.74) is 0. The Kier molecular flexibility index (Phi) is 2.77. The maximum Gasteiger partial charge on any atom is 0.373 e. The minimum atomic E-state index is -1.05. The lowest BCUT2D eigenvalue weighted by Crippen LogP contribution is -2.07. The van der Waals surface area contributed by atoms with E-state index in [0.29, 0.717) is 11.8 Å². The standard InChI is InChI=1S/C9H11NO3S/c11-9(12)7-5-10-8(13-7)6-1-3-14-4-2-6/h5-6H,1-4H2,(H,11,12). The van der Waals surface area contributed by atoms with Crippen LogP contribution in [0.4, 0.5) is 0 Å². The van der Waals surface area contributed by atoms with Crippen LogP contribution in [0.2, 0.25) is 0 Å². The summed E-state index contributed by atoms with van der Waals surface area (Å²) < 4.78 is 5.16. The zero-order valence-corrected chi connectivity index (χ0v) is 8.42. The van der Waals surface area contributed by atoms with Crippen molar-refractivity contribution in [2.24, 2.45) is 0 Å². The van der Waals surface area contributed by atoms with E-state index in [-0.39, 0.29) is 5.76 Å². The molecule has 0 bridgehead atoms. The van der Waals surface area contributed by atoms with Crippen LogP contribution in [0.5, 0.6) is 0 Å². The molecule has 14 heavy (non-hydrogen) atoms. The molecule has 0 spiro atoms. The average molecular weight is 213 g/mol. The number of oxazole rings is 1. The van der Waals surface area contributed by atoms with Gasteiger partial charge in [-0.05, 0) is 24.3 Å². The molecule has 1 aromatic heterocycles. The van der Waals surface area contributed by atoms with Crippen molar-refractivity contribution < 1.29 is 14.3 Å². The second kappa shape index (κ2) is 4.04. The second-order valence-electron chi connectivity index (χ2n) is 3.25. The molecular weight excluding hydrogens is 202 g/mol. The summed E-state index contributed by atoms with van der Waals surface area (Å²) >= 11 is 1.92. The number of carboxylic acid groups (broad SMARTS) is 1. The van der Waals surface area contributed by atoms with E-state index in [1.807, 2.05) is 11.8 Å². The van der Waals surface area contributed by atoms with E-state index in [4.69, 9.17) is 9.52 Å². The molecule has 4 nitrogen and oxygen atoms in total. The van der Waals surface area contributed by atoms with Crippen molar-refractivity contribution in [2.75, 3.05) is 11.5 Å². The number of thioether (sulfide) groups is 1. The molecule has 2 heterocycles. The molecule has 5 heteroatoms. The van der Waals surface area contributed by atoms with Gasteiger partial charge in [0, 0.05) is 5.92 Å². The van der Waals surface area contributed by atoms with Crippen molar-refractivity contribution in [2.45, 2.75) is 18.8 Å². The van der Waals surface area contributed by atoms with E-state index in [2.05, 4.69) is 4.98 Å². The Morgan fingerprint density at radius 2 is 2.29 bits per heavy atom. The lowest BCUT2D eigenvalue weighted by Gasteiger charge is -2.17. The minimum absolute atomic E-state index is 0.0572. The lowest BCUT2D eigenvalue weighted by atomic mass is 10.0. The smallest absolute Gasteiger partial charge is 0.373 e. The third-order valence-electron chi connectivity index (χ3n) is 2.30. The maximum atomic E-state index is 10.6. The van der Waals surface area contributed by atoms with Gasteiger partial charge in [-0.1, -0.05) is 0 Å². The molecule has 0 aromatic carbocycles. The predicted octanol–water partition coefficient (Wildman–Crippen LogP) is 1.98. The van der Waals surface area contributed by atoms with E-state index in [1.165, 1.54) is 6.20 Å². The number of carboxylic acids is 1. The van der Waals surface area contributed by atoms with Gasteiger partial charge in [-0.2, -0.15) is 11.8 Å². The van der Waals surface area contributed by atoms with Crippen LogP contribution >= 0.6 is 11.8 Å². The summed E-state index contributed by atoms with van der Waals surface area (Å²) in [7, 11) is 0. The largest absolute Gasteiger partial charge is 0.475 e. The first-order valence-electron chi connectivity index (χ1n) is 4.54. The molecule has 0 unspecified atom stereocenters. The zero-order chi connectivity index (χ0) is 9.97. The van der Waals surface area contributed by atoms with Crippen LogP contribution in [0.3, 0.4) is 0 Å². The molecule has 76 valence electrons. The van der Waals surface area contributed by atoms with Crippen LogP contribution in [0.15, 0.2) is 10.6 Å². The number of rotatable bonds is 2. The summed E-state index contributed by atoms with van der Waals surface area (Å²) in [4.78, 5) is 14.6. The van der Waals surface area contributed by atoms with Gasteiger partial charge in [0.2, 0.25) is 5.76 Å². The highest BCUT2D eigenvalue weighted by atomic mass is 32.2. The molecule has 0 amide bonds. The van der Waals surface area contributed by atoms with E-state index in [9.17, 15) is 4.79 Å². The molecule has 1 saturated heterocycles. The number of nitrogens with zero attached hydrogens (tertiary/aromatic N) is 1. The first-order chi connectivity index (χ1) is 6.77. The molecule has 0 aliphatic carbocycles. The van der Waals surface area contributed by atoms with Crippen LogP contribution in [-0.4, -0.2) is 27.6 Å². The number of aromatic nitrogens is 1. The van der Waals surface area contributed by atoms with Crippen molar-refractivity contribution >= 4 is 17.7 Å². The highest BCUT2D eigenvalue weighted by molar-refractivity contribution is 7.99. The molecular formula is C9H11NO3S. The molecule has 0 saturated carbocycles. The summed E-state index contributed by atoms with van der Waals surface area (Å²) in [6, 6.07) is 0. The second-order valence-corrected chi connectivity index (χ2v) is 4.48. The third-order valence-corrected chi connectivity index (χ3v) is 3.35. The molecule has 1 N–H and O–H groups in total. The zero-order valence-electron chi connectivity index (χ0n) is 7.60. The van der Waals surface area contributed by atoms with Crippen molar-refractivity contribution in [3.63, 3.8) is 0 Å². The average Bonchev–Trinajstić information content (AvgIpc) is 2.68. The Bertz CT molecular complexity index is 331. The van der Waals surface area contributed by atoms with Gasteiger partial charge < -0.3 is 9.52 Å². The van der Waals surface area contributed by atoms with Gasteiger partial charge in [0.05, 0.1) is 6.20 Å². The number of hydrogen-bond acceptors (Lipinski definition) is 4. The van der Waals surface area contributed by atoms with E-state index >= 15 is 0 Å². The summed E-state index contributed by atoms with van der Waals surface area (Å²) in [6.07, 6.45) is 3.36. The fourth-order valence-corrected chi connectivity index (χ4v) is 2.63. The molecule has 1 aromatic rings. The van der Waals surface area contributed by atoms with Gasteiger partial charge in [0.25, 0.3) is 0 Å².